The van der Waals surface area contributed by atoms with Crippen molar-refractivity contribution in [2.24, 2.45) is 0 Å². The summed E-state index contributed by atoms with van der Waals surface area (Å²) in [6, 6.07) is 8.89. The van der Waals surface area contributed by atoms with Crippen LogP contribution in [0.25, 0.3) is 0 Å². The van der Waals surface area contributed by atoms with Gasteiger partial charge in [0.1, 0.15) is 25.3 Å². The van der Waals surface area contributed by atoms with Crippen LogP contribution < -0.4 is 20.1 Å². The number of imide groups is 1. The lowest BCUT2D eigenvalue weighted by Gasteiger charge is -2.23. The highest BCUT2D eigenvalue weighted by Gasteiger charge is 2.50. The first-order valence-corrected chi connectivity index (χ1v) is 9.82. The Kier molecular flexibility index (Phi) is 5.21. The zero-order valence-corrected chi connectivity index (χ0v) is 17.3. The average Bonchev–Trinajstić information content (AvgIpc) is 2.91. The number of anilines is 1. The summed E-state index contributed by atoms with van der Waals surface area (Å²) in [5, 5.41) is 5.90. The summed E-state index contributed by atoms with van der Waals surface area (Å²) < 4.78 is 10.9. The van der Waals surface area contributed by atoms with Gasteiger partial charge >= 0.3 is 6.03 Å². The Morgan fingerprint density at radius 2 is 1.87 bits per heavy atom. The van der Waals surface area contributed by atoms with E-state index in [1.807, 2.05) is 0 Å². The molecular weight excluding hydrogens is 433 g/mol. The standard InChI is InChI=1S/C20H17Cl2N3O5/c1-20(13-4-2-11(21)8-14(13)22)18(27)25(19(28)24-20)10-17(26)23-12-3-5-15-16(9-12)30-7-6-29-15/h2-5,8-9H,6-7,10H2,1H3,(H,23,26)(H,24,28)/t20-/m0/s1. The third-order valence-electron chi connectivity index (χ3n) is 4.87. The average molecular weight is 450 g/mol. The molecule has 0 unspecified atom stereocenters. The molecule has 1 fully saturated rings. The SMILES string of the molecule is C[C@@]1(c2ccc(Cl)cc2Cl)NC(=O)N(CC(=O)Nc2ccc3c(c2)OCCO3)C1=O. The first kappa shape index (κ1) is 20.3. The molecule has 1 saturated heterocycles. The van der Waals surface area contributed by atoms with Crippen molar-refractivity contribution in [1.82, 2.24) is 10.2 Å². The number of hydrogen-bond acceptors (Lipinski definition) is 5. The van der Waals surface area contributed by atoms with Crippen molar-refractivity contribution >= 4 is 46.7 Å². The third-order valence-corrected chi connectivity index (χ3v) is 5.42. The molecular formula is C20H17Cl2N3O5. The van der Waals surface area contributed by atoms with Crippen molar-refractivity contribution in [2.45, 2.75) is 12.5 Å². The fourth-order valence-corrected chi connectivity index (χ4v) is 3.98. The minimum absolute atomic E-state index is 0.237. The number of carbonyl (C=O) groups excluding carboxylic acids is 3. The number of nitrogens with one attached hydrogen (secondary N) is 2. The van der Waals surface area contributed by atoms with Crippen LogP contribution in [-0.2, 0) is 15.1 Å². The largest absolute Gasteiger partial charge is 0.486 e. The number of amides is 4. The van der Waals surface area contributed by atoms with Gasteiger partial charge in [-0.1, -0.05) is 29.3 Å². The van der Waals surface area contributed by atoms with Crippen LogP contribution in [0, 0.1) is 0 Å². The molecule has 2 heterocycles. The monoisotopic (exact) mass is 449 g/mol. The van der Waals surface area contributed by atoms with Crippen molar-refractivity contribution in [3.63, 3.8) is 0 Å². The lowest BCUT2D eigenvalue weighted by molar-refractivity contribution is -0.133. The molecule has 1 atom stereocenters. The van der Waals surface area contributed by atoms with E-state index in [-0.39, 0.29) is 5.02 Å². The Balaban J connectivity index is 1.48. The summed E-state index contributed by atoms with van der Waals surface area (Å²) in [5.74, 6) is -0.0290. The van der Waals surface area contributed by atoms with Crippen molar-refractivity contribution in [3.05, 3.63) is 52.0 Å². The molecule has 0 bridgehead atoms. The number of fused-ring (bicyclic) bond motifs is 1. The van der Waals surface area contributed by atoms with Crippen molar-refractivity contribution in [3.8, 4) is 11.5 Å². The number of hydrogen-bond donors (Lipinski definition) is 2. The zero-order chi connectivity index (χ0) is 21.5. The molecule has 4 amide bonds. The molecule has 2 aliphatic heterocycles. The summed E-state index contributed by atoms with van der Waals surface area (Å²) in [7, 11) is 0. The smallest absolute Gasteiger partial charge is 0.325 e. The third kappa shape index (κ3) is 3.64. The minimum Gasteiger partial charge on any atom is -0.486 e. The van der Waals surface area contributed by atoms with Crippen LogP contribution in [0.2, 0.25) is 10.0 Å². The van der Waals surface area contributed by atoms with Crippen LogP contribution in [0.1, 0.15) is 12.5 Å². The van der Waals surface area contributed by atoms with Gasteiger partial charge in [-0.05, 0) is 31.2 Å². The first-order valence-electron chi connectivity index (χ1n) is 9.07. The molecule has 2 aromatic rings. The van der Waals surface area contributed by atoms with E-state index >= 15 is 0 Å². The maximum Gasteiger partial charge on any atom is 0.325 e. The van der Waals surface area contributed by atoms with E-state index in [1.165, 1.54) is 13.0 Å². The minimum atomic E-state index is -1.41. The number of ether oxygens (including phenoxy) is 2. The van der Waals surface area contributed by atoms with E-state index in [4.69, 9.17) is 32.7 Å². The predicted octanol–water partition coefficient (Wildman–Crippen LogP) is 3.17. The number of halogens is 2. The van der Waals surface area contributed by atoms with Gasteiger partial charge in [0.2, 0.25) is 5.91 Å². The molecule has 0 spiro atoms. The molecule has 10 heteroatoms. The van der Waals surface area contributed by atoms with Gasteiger partial charge in [-0.25, -0.2) is 4.79 Å². The van der Waals surface area contributed by atoms with Crippen molar-refractivity contribution in [1.29, 1.82) is 0 Å². The van der Waals surface area contributed by atoms with Crippen LogP contribution in [0.15, 0.2) is 36.4 Å². The van der Waals surface area contributed by atoms with E-state index in [0.29, 0.717) is 41.0 Å². The quantitative estimate of drug-likeness (QED) is 0.698. The van der Waals surface area contributed by atoms with Gasteiger partial charge in [0, 0.05) is 27.4 Å². The maximum atomic E-state index is 13.0. The lowest BCUT2D eigenvalue weighted by Crippen LogP contribution is -2.42. The van der Waals surface area contributed by atoms with Crippen LogP contribution >= 0.6 is 23.2 Å². The Morgan fingerprint density at radius 1 is 1.13 bits per heavy atom. The van der Waals surface area contributed by atoms with Crippen molar-refractivity contribution < 1.29 is 23.9 Å². The van der Waals surface area contributed by atoms with Gasteiger partial charge in [-0.15, -0.1) is 0 Å². The van der Waals surface area contributed by atoms with E-state index in [9.17, 15) is 14.4 Å². The molecule has 0 saturated carbocycles. The highest BCUT2D eigenvalue weighted by Crippen LogP contribution is 2.35. The molecule has 8 nitrogen and oxygen atoms in total. The normalized spacial score (nSPS) is 20.2. The van der Waals surface area contributed by atoms with Gasteiger partial charge in [-0.3, -0.25) is 14.5 Å². The van der Waals surface area contributed by atoms with Gasteiger partial charge in [0.25, 0.3) is 5.91 Å². The van der Waals surface area contributed by atoms with Gasteiger partial charge < -0.3 is 20.1 Å². The van der Waals surface area contributed by atoms with Crippen LogP contribution in [0.5, 0.6) is 11.5 Å². The summed E-state index contributed by atoms with van der Waals surface area (Å²) >= 11 is 12.1. The Labute approximate surface area is 182 Å². The van der Waals surface area contributed by atoms with E-state index < -0.39 is 29.9 Å². The topological polar surface area (TPSA) is 97.0 Å². The number of nitrogens with zero attached hydrogens (tertiary/aromatic N) is 1. The number of carbonyl (C=O) groups is 3. The highest BCUT2D eigenvalue weighted by molar-refractivity contribution is 6.35. The number of urea groups is 1. The second kappa shape index (κ2) is 7.70. The molecule has 2 N–H and O–H groups in total. The predicted molar refractivity (Wildman–Crippen MR) is 110 cm³/mol. The fourth-order valence-electron chi connectivity index (χ4n) is 3.38. The Hall–Kier alpha value is -2.97. The molecule has 156 valence electrons. The molecule has 0 aliphatic carbocycles. The van der Waals surface area contributed by atoms with Gasteiger partial charge in [0.05, 0.1) is 0 Å². The number of rotatable bonds is 4. The van der Waals surface area contributed by atoms with E-state index in [0.717, 1.165) is 4.90 Å². The maximum absolute atomic E-state index is 13.0. The molecule has 30 heavy (non-hydrogen) atoms. The van der Waals surface area contributed by atoms with Gasteiger partial charge in [-0.2, -0.15) is 0 Å². The van der Waals surface area contributed by atoms with Crippen LogP contribution in [0.3, 0.4) is 0 Å². The van der Waals surface area contributed by atoms with E-state index in [1.54, 1.807) is 30.3 Å². The van der Waals surface area contributed by atoms with Gasteiger partial charge in [0.15, 0.2) is 11.5 Å². The lowest BCUT2D eigenvalue weighted by atomic mass is 9.92. The van der Waals surface area contributed by atoms with Crippen molar-refractivity contribution in [2.75, 3.05) is 25.1 Å². The molecule has 4 rings (SSSR count). The zero-order valence-electron chi connectivity index (χ0n) is 15.8. The summed E-state index contributed by atoms with van der Waals surface area (Å²) in [6.07, 6.45) is 0. The summed E-state index contributed by atoms with van der Waals surface area (Å²) in [5.41, 5.74) is -0.558. The Morgan fingerprint density at radius 3 is 2.60 bits per heavy atom. The van der Waals surface area contributed by atoms with Crippen LogP contribution in [0.4, 0.5) is 10.5 Å². The molecule has 2 aliphatic rings. The second-order valence-electron chi connectivity index (χ2n) is 6.98. The van der Waals surface area contributed by atoms with Crippen LogP contribution in [-0.4, -0.2) is 42.5 Å². The fraction of sp³-hybridized carbons (Fsp3) is 0.250. The highest BCUT2D eigenvalue weighted by atomic mass is 35.5. The molecule has 2 aromatic carbocycles. The number of benzene rings is 2. The summed E-state index contributed by atoms with van der Waals surface area (Å²) in [6.45, 7) is 1.95. The molecule has 0 radical (unpaired) electrons. The first-order chi connectivity index (χ1) is 14.3. The summed E-state index contributed by atoms with van der Waals surface area (Å²) in [4.78, 5) is 38.8. The van der Waals surface area contributed by atoms with E-state index in [2.05, 4.69) is 10.6 Å². The second-order valence-corrected chi connectivity index (χ2v) is 7.82. The molecule has 0 aromatic heterocycles. The Bertz CT molecular complexity index is 1060.